The van der Waals surface area contributed by atoms with Crippen LogP contribution < -0.4 is 15.6 Å². The molecular weight excluding hydrogens is 404 g/mol. The molecular formula is C18H23ClN4O4S. The maximum Gasteiger partial charge on any atom is 0.325 e. The number of likely N-dealkylation sites (tertiary alicyclic amines) is 1. The summed E-state index contributed by atoms with van der Waals surface area (Å²) in [6, 6.07) is 5.49. The quantitative estimate of drug-likeness (QED) is 0.747. The van der Waals surface area contributed by atoms with E-state index in [1.54, 1.807) is 0 Å². The van der Waals surface area contributed by atoms with Gasteiger partial charge in [-0.25, -0.2) is 13.2 Å². The number of nitrogens with zero attached hydrogens (tertiary/aromatic N) is 2. The highest BCUT2D eigenvalue weighted by Gasteiger charge is 2.47. The monoisotopic (exact) mass is 426 g/mol. The van der Waals surface area contributed by atoms with E-state index in [0.29, 0.717) is 12.1 Å². The summed E-state index contributed by atoms with van der Waals surface area (Å²) in [5.41, 5.74) is 1.13. The normalized spacial score (nSPS) is 21.8. The second-order valence-electron chi connectivity index (χ2n) is 7.45. The lowest BCUT2D eigenvalue weighted by molar-refractivity contribution is 0.237. The van der Waals surface area contributed by atoms with Crippen molar-refractivity contribution < 1.29 is 8.42 Å². The van der Waals surface area contributed by atoms with Gasteiger partial charge < -0.3 is 9.88 Å². The minimum atomic E-state index is -4.13. The fraction of sp³-hybridized carbons (Fsp3) is 0.444. The Hall–Kier alpha value is -2.10. The van der Waals surface area contributed by atoms with Crippen molar-refractivity contribution in [3.05, 3.63) is 55.9 Å². The van der Waals surface area contributed by atoms with Crippen molar-refractivity contribution in [1.29, 1.82) is 0 Å². The van der Waals surface area contributed by atoms with Gasteiger partial charge in [-0.2, -0.15) is 0 Å². The zero-order chi connectivity index (χ0) is 19.5. The van der Waals surface area contributed by atoms with Crippen LogP contribution in [-0.4, -0.2) is 49.5 Å². The molecule has 10 heteroatoms. The first-order valence-electron chi connectivity index (χ1n) is 8.87. The van der Waals surface area contributed by atoms with Gasteiger partial charge in [-0.15, -0.1) is 12.4 Å². The number of hydrogen-bond donors (Lipinski definition) is 2. The Bertz CT molecular complexity index is 1140. The molecule has 4 rings (SSSR count). The van der Waals surface area contributed by atoms with Crippen molar-refractivity contribution in [3.8, 4) is 0 Å². The third kappa shape index (κ3) is 3.07. The molecule has 1 aromatic heterocycles. The van der Waals surface area contributed by atoms with Crippen LogP contribution in [0.2, 0.25) is 0 Å². The molecule has 1 fully saturated rings. The van der Waals surface area contributed by atoms with Crippen molar-refractivity contribution in [2.75, 3.05) is 24.4 Å². The van der Waals surface area contributed by atoms with Crippen LogP contribution in [0.4, 0.5) is 5.69 Å². The highest BCUT2D eigenvalue weighted by atomic mass is 35.5. The zero-order valence-corrected chi connectivity index (χ0v) is 17.5. The second-order valence-corrected chi connectivity index (χ2v) is 9.20. The predicted octanol–water partition coefficient (Wildman–Crippen LogP) is 1.10. The van der Waals surface area contributed by atoms with E-state index in [1.807, 2.05) is 37.2 Å². The van der Waals surface area contributed by atoms with Gasteiger partial charge in [0.15, 0.2) is 4.90 Å². The van der Waals surface area contributed by atoms with E-state index in [1.165, 1.54) is 11.2 Å². The highest BCUT2D eigenvalue weighted by Crippen LogP contribution is 2.47. The Morgan fingerprint density at radius 2 is 1.86 bits per heavy atom. The number of aryl methyl sites for hydroxylation is 2. The molecule has 0 amide bonds. The molecule has 0 bridgehead atoms. The van der Waals surface area contributed by atoms with Crippen molar-refractivity contribution in [3.63, 3.8) is 0 Å². The van der Waals surface area contributed by atoms with Crippen LogP contribution in [0.15, 0.2) is 32.7 Å². The van der Waals surface area contributed by atoms with Gasteiger partial charge in [-0.3, -0.25) is 14.1 Å². The van der Waals surface area contributed by atoms with E-state index >= 15 is 0 Å². The summed E-state index contributed by atoms with van der Waals surface area (Å²) < 4.78 is 28.5. The lowest BCUT2D eigenvalue weighted by Gasteiger charge is -2.36. The number of anilines is 1. The smallest absolute Gasteiger partial charge is 0.310 e. The lowest BCUT2D eigenvalue weighted by Crippen LogP contribution is -2.48. The molecule has 2 aromatic rings. The van der Waals surface area contributed by atoms with Gasteiger partial charge in [-0.1, -0.05) is 17.7 Å². The SMILES string of the molecule is Cc1ccc2c(c1)[C@H]1CN(C)CC[C@H]1N2S(=O)(=O)c1c(C)[nH]c(=O)[nH]c1=O.Cl. The van der Waals surface area contributed by atoms with Crippen LogP contribution in [0.1, 0.15) is 29.2 Å². The summed E-state index contributed by atoms with van der Waals surface area (Å²) >= 11 is 0. The van der Waals surface area contributed by atoms with E-state index in [-0.39, 0.29) is 30.1 Å². The summed E-state index contributed by atoms with van der Waals surface area (Å²) in [5, 5.41) is 0. The number of nitrogens with one attached hydrogen (secondary N) is 2. The minimum absolute atomic E-state index is 0. The molecule has 1 saturated heterocycles. The summed E-state index contributed by atoms with van der Waals surface area (Å²) in [6.07, 6.45) is 0.675. The molecule has 2 aliphatic heterocycles. The lowest BCUT2D eigenvalue weighted by atomic mass is 9.89. The number of aromatic amines is 2. The highest BCUT2D eigenvalue weighted by molar-refractivity contribution is 7.93. The Morgan fingerprint density at radius 1 is 1.14 bits per heavy atom. The number of fused-ring (bicyclic) bond motifs is 3. The fourth-order valence-corrected chi connectivity index (χ4v) is 6.30. The Balaban J connectivity index is 0.00000225. The third-order valence-corrected chi connectivity index (χ3v) is 7.49. The average molecular weight is 427 g/mol. The van der Waals surface area contributed by atoms with Crippen LogP contribution >= 0.6 is 12.4 Å². The molecule has 0 radical (unpaired) electrons. The number of piperidine rings is 1. The molecule has 2 N–H and O–H groups in total. The van der Waals surface area contributed by atoms with Gasteiger partial charge in [0, 0.05) is 18.2 Å². The van der Waals surface area contributed by atoms with E-state index in [2.05, 4.69) is 9.88 Å². The standard InChI is InChI=1S/C18H22N4O4S.ClH/c1-10-4-5-14-12(8-10)13-9-21(3)7-6-15(13)22(14)27(25,26)16-11(2)19-18(24)20-17(16)23;/h4-5,8,13,15H,6-7,9H2,1-3H3,(H2,19,20,23,24);1H/t13-,15-;/m1./s1. The number of sulfonamides is 1. The summed E-state index contributed by atoms with van der Waals surface area (Å²) in [5.74, 6) is 0.0515. The fourth-order valence-electron chi connectivity index (χ4n) is 4.34. The number of rotatable bonds is 2. The van der Waals surface area contributed by atoms with Crippen LogP contribution in [0.3, 0.4) is 0 Å². The summed E-state index contributed by atoms with van der Waals surface area (Å²) in [4.78, 5) is 30.1. The molecule has 3 heterocycles. The van der Waals surface area contributed by atoms with Gasteiger partial charge >= 0.3 is 5.69 Å². The average Bonchev–Trinajstić information content (AvgIpc) is 2.87. The van der Waals surface area contributed by atoms with Gasteiger partial charge in [0.05, 0.1) is 11.7 Å². The first-order valence-corrected chi connectivity index (χ1v) is 10.3. The molecule has 152 valence electrons. The zero-order valence-electron chi connectivity index (χ0n) is 15.9. The van der Waals surface area contributed by atoms with Crippen LogP contribution in [0.25, 0.3) is 0 Å². The third-order valence-electron chi connectivity index (χ3n) is 5.49. The molecule has 1 aromatic carbocycles. The number of likely N-dealkylation sites (N-methyl/N-ethyl adjacent to an activating group) is 1. The molecule has 2 aliphatic rings. The molecule has 28 heavy (non-hydrogen) atoms. The van der Waals surface area contributed by atoms with Gasteiger partial charge in [0.2, 0.25) is 0 Å². The van der Waals surface area contributed by atoms with Gasteiger partial charge in [0.25, 0.3) is 15.6 Å². The Morgan fingerprint density at radius 3 is 2.54 bits per heavy atom. The van der Waals surface area contributed by atoms with E-state index in [0.717, 1.165) is 24.2 Å². The summed E-state index contributed by atoms with van der Waals surface area (Å²) in [6.45, 7) is 4.95. The van der Waals surface area contributed by atoms with Crippen molar-refractivity contribution in [1.82, 2.24) is 14.9 Å². The number of benzene rings is 1. The van der Waals surface area contributed by atoms with Crippen LogP contribution in [0, 0.1) is 13.8 Å². The molecule has 2 atom stereocenters. The van der Waals surface area contributed by atoms with Gasteiger partial charge in [-0.05, 0) is 45.5 Å². The summed E-state index contributed by atoms with van der Waals surface area (Å²) in [7, 11) is -2.10. The van der Waals surface area contributed by atoms with E-state index in [9.17, 15) is 18.0 Å². The minimum Gasteiger partial charge on any atom is -0.310 e. The Labute approximate surface area is 169 Å². The molecule has 0 saturated carbocycles. The molecule has 8 nitrogen and oxygen atoms in total. The Kier molecular flexibility index (Phi) is 5.20. The predicted molar refractivity (Wildman–Crippen MR) is 109 cm³/mol. The molecule has 0 aliphatic carbocycles. The molecule has 0 unspecified atom stereocenters. The number of H-pyrrole nitrogens is 2. The number of aromatic nitrogens is 2. The first-order chi connectivity index (χ1) is 12.7. The maximum absolute atomic E-state index is 13.5. The first kappa shape index (κ1) is 20.6. The number of halogens is 1. The maximum atomic E-state index is 13.5. The second kappa shape index (κ2) is 7.06. The van der Waals surface area contributed by atoms with Gasteiger partial charge in [0.1, 0.15) is 0 Å². The molecule has 0 spiro atoms. The van der Waals surface area contributed by atoms with Crippen LogP contribution in [0.5, 0.6) is 0 Å². The van der Waals surface area contributed by atoms with Crippen molar-refractivity contribution in [2.45, 2.75) is 37.1 Å². The van der Waals surface area contributed by atoms with Crippen molar-refractivity contribution in [2.24, 2.45) is 0 Å². The van der Waals surface area contributed by atoms with Crippen molar-refractivity contribution >= 4 is 28.1 Å². The van der Waals surface area contributed by atoms with Crippen LogP contribution in [-0.2, 0) is 10.0 Å². The number of hydrogen-bond acceptors (Lipinski definition) is 5. The topological polar surface area (TPSA) is 106 Å². The van der Waals surface area contributed by atoms with E-state index < -0.39 is 26.2 Å². The largest absolute Gasteiger partial charge is 0.325 e. The van der Waals surface area contributed by atoms with E-state index in [4.69, 9.17) is 0 Å².